The lowest BCUT2D eigenvalue weighted by Gasteiger charge is -2.37. The first-order valence-corrected chi connectivity index (χ1v) is 22.0. The van der Waals surface area contributed by atoms with Gasteiger partial charge in [0.2, 0.25) is 21.8 Å². The van der Waals surface area contributed by atoms with E-state index in [1.807, 2.05) is 39.0 Å². The molecule has 0 bridgehead atoms. The molecule has 1 spiro atoms. The number of hydrogen-bond acceptors (Lipinski definition) is 9. The van der Waals surface area contributed by atoms with Crippen LogP contribution in [0.5, 0.6) is 5.75 Å². The lowest BCUT2D eigenvalue weighted by Crippen LogP contribution is -2.58. The second-order valence-corrected chi connectivity index (χ2v) is 20.9. The molecular formula is C42H54FN5O8S. The number of allylic oxidation sites excluding steroid dienone is 1. The summed E-state index contributed by atoms with van der Waals surface area (Å²) >= 11 is 0. The van der Waals surface area contributed by atoms with Gasteiger partial charge in [-0.05, 0) is 82.6 Å². The number of nitrogens with one attached hydrogen (secondary N) is 3. The number of hydrogen-bond donors (Lipinski definition) is 3. The number of benzene rings is 1. The van der Waals surface area contributed by atoms with Crippen LogP contribution in [-0.4, -0.2) is 83.2 Å². The molecule has 3 N–H and O–H groups in total. The molecule has 13 nitrogen and oxygen atoms in total. The maximum atomic E-state index is 15.1. The van der Waals surface area contributed by atoms with Gasteiger partial charge < -0.3 is 25.0 Å². The molecule has 2 aromatic rings. The number of nitrogens with zero attached hydrogens (tertiary/aromatic N) is 2. The molecule has 3 aliphatic heterocycles. The van der Waals surface area contributed by atoms with Gasteiger partial charge in [-0.1, -0.05) is 57.9 Å². The molecule has 3 aliphatic carbocycles. The Morgan fingerprint density at radius 3 is 2.58 bits per heavy atom. The molecule has 4 amide bonds. The summed E-state index contributed by atoms with van der Waals surface area (Å²) in [5, 5.41) is 6.41. The van der Waals surface area contributed by atoms with Crippen molar-refractivity contribution in [3.8, 4) is 5.75 Å². The largest absolute Gasteiger partial charge is 0.483 e. The average Bonchev–Trinajstić information content (AvgIpc) is 4.09. The van der Waals surface area contributed by atoms with Crippen molar-refractivity contribution in [2.45, 2.75) is 145 Å². The highest BCUT2D eigenvalue weighted by Crippen LogP contribution is 2.52. The van der Waals surface area contributed by atoms with Crippen LogP contribution in [0.15, 0.2) is 30.4 Å². The van der Waals surface area contributed by atoms with E-state index in [-0.39, 0.29) is 37.3 Å². The number of amides is 4. The van der Waals surface area contributed by atoms with Gasteiger partial charge in [-0.2, -0.15) is 0 Å². The van der Waals surface area contributed by atoms with Gasteiger partial charge in [0.25, 0.3) is 5.91 Å². The van der Waals surface area contributed by atoms with Crippen LogP contribution in [0.25, 0.3) is 10.9 Å². The molecule has 1 unspecified atom stereocenters. The molecule has 0 radical (unpaired) electrons. The molecule has 4 heterocycles. The van der Waals surface area contributed by atoms with Gasteiger partial charge in [0.15, 0.2) is 0 Å². The van der Waals surface area contributed by atoms with Crippen molar-refractivity contribution in [1.29, 1.82) is 0 Å². The SMILES string of the molecule is CC(C)(C)COC(=O)N[C@@H]1CCCCC/C=C\C2C[C@@]2(C(=O)NS(=O)(=O)C2(C)CC2)NC(=O)[C@@H]2C[C@]3(CCc4c(c(C5CC5)nc5c(F)cccc45)O3)CN2C1=O. The third-order valence-corrected chi connectivity index (χ3v) is 14.9. The van der Waals surface area contributed by atoms with Gasteiger partial charge >= 0.3 is 6.09 Å². The summed E-state index contributed by atoms with van der Waals surface area (Å²) in [6, 6.07) is 2.75. The molecule has 57 heavy (non-hydrogen) atoms. The van der Waals surface area contributed by atoms with Gasteiger partial charge in [0.05, 0.1) is 23.6 Å². The number of ether oxygens (including phenoxy) is 2. The molecule has 4 fully saturated rings. The number of carbonyl (C=O) groups excluding carboxylic acids is 4. The zero-order valence-corrected chi connectivity index (χ0v) is 34.1. The first kappa shape index (κ1) is 39.6. The average molecular weight is 808 g/mol. The predicted molar refractivity (Wildman–Crippen MR) is 209 cm³/mol. The number of aromatic nitrogens is 1. The van der Waals surface area contributed by atoms with E-state index in [4.69, 9.17) is 14.5 Å². The maximum Gasteiger partial charge on any atom is 0.407 e. The highest BCUT2D eigenvalue weighted by molar-refractivity contribution is 7.91. The minimum Gasteiger partial charge on any atom is -0.483 e. The highest BCUT2D eigenvalue weighted by atomic mass is 32.2. The predicted octanol–water partition coefficient (Wildman–Crippen LogP) is 5.45. The molecule has 308 valence electrons. The van der Waals surface area contributed by atoms with Crippen molar-refractivity contribution in [1.82, 2.24) is 25.2 Å². The van der Waals surface area contributed by atoms with Crippen LogP contribution in [0.1, 0.15) is 122 Å². The van der Waals surface area contributed by atoms with E-state index < -0.39 is 73.5 Å². The van der Waals surface area contributed by atoms with Gasteiger partial charge in [0, 0.05) is 29.2 Å². The summed E-state index contributed by atoms with van der Waals surface area (Å²) in [6.07, 6.45) is 10.1. The number of para-hydroxylation sites is 1. The number of aryl methyl sites for hydroxylation is 1. The van der Waals surface area contributed by atoms with Crippen molar-refractivity contribution in [3.63, 3.8) is 0 Å². The number of fused-ring (bicyclic) bond motifs is 5. The Morgan fingerprint density at radius 2 is 1.86 bits per heavy atom. The summed E-state index contributed by atoms with van der Waals surface area (Å²) in [7, 11) is -4.01. The topological polar surface area (TPSA) is 173 Å². The summed E-state index contributed by atoms with van der Waals surface area (Å²) in [5.74, 6) is -2.05. The molecule has 1 saturated heterocycles. The number of rotatable bonds is 6. The Bertz CT molecular complexity index is 2150. The van der Waals surface area contributed by atoms with Gasteiger partial charge in [-0.3, -0.25) is 19.1 Å². The van der Waals surface area contributed by atoms with E-state index in [0.717, 1.165) is 31.2 Å². The van der Waals surface area contributed by atoms with Crippen LogP contribution in [-0.2, 0) is 35.6 Å². The fourth-order valence-electron chi connectivity index (χ4n) is 8.64. The summed E-state index contributed by atoms with van der Waals surface area (Å²) in [5.41, 5.74) is -1.05. The Kier molecular flexibility index (Phi) is 9.87. The van der Waals surface area contributed by atoms with Gasteiger partial charge in [-0.15, -0.1) is 0 Å². The van der Waals surface area contributed by atoms with Crippen LogP contribution in [0.4, 0.5) is 9.18 Å². The lowest BCUT2D eigenvalue weighted by molar-refractivity contribution is -0.141. The smallest absolute Gasteiger partial charge is 0.407 e. The normalized spacial score (nSPS) is 30.4. The summed E-state index contributed by atoms with van der Waals surface area (Å²) in [6.45, 7) is 7.54. The molecular weight excluding hydrogens is 754 g/mol. The molecule has 8 rings (SSSR count). The standard InChI is InChI=1S/C42H54FN5O8S/c1-39(2,3)24-55-38(52)44-30-14-9-7-5-6-8-11-26-21-42(26,37(51)47-57(53,54)40(4)19-20-40)46-35(49)31-22-41(23-48(31)36(30)50)18-17-28-27-12-10-13-29(43)33(27)45-32(25-15-16-25)34(28)56-41/h8,10-13,25-26,30-31H,5-7,9,14-24H2,1-4H3,(H,44,52)(H,46,49)(H,47,51)/b11-8-/t26?,30-,31+,41-,42-/m1/s1. The van der Waals surface area contributed by atoms with E-state index in [1.165, 1.54) is 11.0 Å². The summed E-state index contributed by atoms with van der Waals surface area (Å²) < 4.78 is 55.3. The van der Waals surface area contributed by atoms with E-state index in [9.17, 15) is 27.6 Å². The van der Waals surface area contributed by atoms with Gasteiger partial charge in [0.1, 0.15) is 40.3 Å². The number of pyridine rings is 1. The summed E-state index contributed by atoms with van der Waals surface area (Å²) in [4.78, 5) is 62.9. The maximum absolute atomic E-state index is 15.1. The van der Waals surface area contributed by atoms with Crippen LogP contribution in [0, 0.1) is 17.2 Å². The van der Waals surface area contributed by atoms with Crippen LogP contribution >= 0.6 is 0 Å². The Morgan fingerprint density at radius 1 is 1.09 bits per heavy atom. The number of alkyl carbamates (subject to hydrolysis) is 1. The van der Waals surface area contributed by atoms with Crippen molar-refractivity contribution >= 4 is 44.7 Å². The molecule has 5 atom stereocenters. The monoisotopic (exact) mass is 807 g/mol. The number of halogens is 1. The van der Waals surface area contributed by atoms with Crippen molar-refractivity contribution in [2.75, 3.05) is 13.2 Å². The molecule has 3 saturated carbocycles. The highest BCUT2D eigenvalue weighted by Gasteiger charge is 2.64. The fraction of sp³-hybridized carbons (Fsp3) is 0.643. The van der Waals surface area contributed by atoms with Crippen molar-refractivity contribution < 1.29 is 41.5 Å². The molecule has 6 aliphatic rings. The van der Waals surface area contributed by atoms with Crippen LogP contribution in [0.3, 0.4) is 0 Å². The second-order valence-electron chi connectivity index (χ2n) is 18.7. The zero-order chi connectivity index (χ0) is 40.5. The molecule has 15 heteroatoms. The Labute approximate surface area is 333 Å². The van der Waals surface area contributed by atoms with Crippen molar-refractivity contribution in [3.05, 3.63) is 47.4 Å². The first-order chi connectivity index (χ1) is 26.9. The minimum absolute atomic E-state index is 0.0130. The zero-order valence-electron chi connectivity index (χ0n) is 33.2. The minimum atomic E-state index is -4.01. The third kappa shape index (κ3) is 7.72. The molecule has 1 aromatic heterocycles. The van der Waals surface area contributed by atoms with Crippen LogP contribution in [0.2, 0.25) is 0 Å². The molecule has 1 aromatic carbocycles. The number of carbonyl (C=O) groups is 4. The van der Waals surface area contributed by atoms with E-state index >= 15 is 4.39 Å². The Balaban J connectivity index is 1.14. The Hall–Kier alpha value is -4.27. The fourth-order valence-corrected chi connectivity index (χ4v) is 9.95. The number of sulfonamides is 1. The van der Waals surface area contributed by atoms with Crippen LogP contribution < -0.4 is 20.1 Å². The van der Waals surface area contributed by atoms with E-state index in [0.29, 0.717) is 67.3 Å². The third-order valence-electron chi connectivity index (χ3n) is 12.7. The second kappa shape index (κ2) is 14.2. The lowest BCUT2D eigenvalue weighted by atomic mass is 9.86. The van der Waals surface area contributed by atoms with E-state index in [1.54, 1.807) is 13.0 Å². The van der Waals surface area contributed by atoms with Crippen molar-refractivity contribution in [2.24, 2.45) is 11.3 Å². The van der Waals surface area contributed by atoms with E-state index in [2.05, 4.69) is 15.4 Å². The quantitative estimate of drug-likeness (QED) is 0.321. The first-order valence-electron chi connectivity index (χ1n) is 20.5. The van der Waals surface area contributed by atoms with Gasteiger partial charge in [-0.25, -0.2) is 22.6 Å².